The Morgan fingerprint density at radius 2 is 2.12 bits per heavy atom. The second-order valence-electron chi connectivity index (χ2n) is 4.25. The van der Waals surface area contributed by atoms with Crippen molar-refractivity contribution in [1.82, 2.24) is 0 Å². The van der Waals surface area contributed by atoms with Crippen molar-refractivity contribution in [3.05, 3.63) is 23.2 Å². The number of hydrogen-bond acceptors (Lipinski definition) is 3. The van der Waals surface area contributed by atoms with E-state index in [4.69, 9.17) is 14.3 Å². The van der Waals surface area contributed by atoms with Crippen LogP contribution in [0.4, 0.5) is 0 Å². The first-order valence-corrected chi connectivity index (χ1v) is 5.36. The van der Waals surface area contributed by atoms with Crippen LogP contribution >= 0.6 is 0 Å². The molecule has 0 saturated heterocycles. The molecule has 0 bridgehead atoms. The SMILES string of the molecule is Cc1oc(COC(C)C(C)C)cc1C(=O)O. The molecule has 1 rings (SSSR count). The van der Waals surface area contributed by atoms with Gasteiger partial charge in [-0.25, -0.2) is 4.79 Å². The molecule has 0 aromatic carbocycles. The number of ether oxygens (including phenoxy) is 1. The molecule has 0 aliphatic carbocycles. The van der Waals surface area contributed by atoms with Crippen LogP contribution < -0.4 is 0 Å². The van der Waals surface area contributed by atoms with Gasteiger partial charge in [-0.05, 0) is 25.8 Å². The van der Waals surface area contributed by atoms with E-state index < -0.39 is 5.97 Å². The molecule has 1 aromatic heterocycles. The fourth-order valence-electron chi connectivity index (χ4n) is 1.23. The molecule has 0 aliphatic rings. The van der Waals surface area contributed by atoms with Gasteiger partial charge in [-0.2, -0.15) is 0 Å². The third kappa shape index (κ3) is 3.10. The van der Waals surface area contributed by atoms with E-state index in [9.17, 15) is 4.79 Å². The monoisotopic (exact) mass is 226 g/mol. The van der Waals surface area contributed by atoms with Crippen LogP contribution in [0.15, 0.2) is 10.5 Å². The lowest BCUT2D eigenvalue weighted by Crippen LogP contribution is -2.14. The highest BCUT2D eigenvalue weighted by molar-refractivity contribution is 5.88. The predicted octanol–water partition coefficient (Wildman–Crippen LogP) is 2.85. The van der Waals surface area contributed by atoms with Crippen LogP contribution in [0.25, 0.3) is 0 Å². The van der Waals surface area contributed by atoms with E-state index in [0.717, 1.165) is 0 Å². The van der Waals surface area contributed by atoms with E-state index in [-0.39, 0.29) is 11.7 Å². The minimum Gasteiger partial charge on any atom is -0.478 e. The van der Waals surface area contributed by atoms with Crippen molar-refractivity contribution in [3.63, 3.8) is 0 Å². The smallest absolute Gasteiger partial charge is 0.339 e. The summed E-state index contributed by atoms with van der Waals surface area (Å²) >= 11 is 0. The van der Waals surface area contributed by atoms with Crippen molar-refractivity contribution in [2.24, 2.45) is 5.92 Å². The fraction of sp³-hybridized carbons (Fsp3) is 0.583. The highest BCUT2D eigenvalue weighted by Gasteiger charge is 2.15. The molecule has 1 unspecified atom stereocenters. The van der Waals surface area contributed by atoms with Gasteiger partial charge in [-0.15, -0.1) is 0 Å². The van der Waals surface area contributed by atoms with Gasteiger partial charge >= 0.3 is 5.97 Å². The Bertz CT molecular complexity index is 365. The summed E-state index contributed by atoms with van der Waals surface area (Å²) < 4.78 is 10.9. The van der Waals surface area contributed by atoms with Crippen molar-refractivity contribution in [2.45, 2.75) is 40.4 Å². The third-order valence-corrected chi connectivity index (χ3v) is 2.63. The molecule has 0 amide bonds. The average Bonchev–Trinajstić information content (AvgIpc) is 2.56. The Labute approximate surface area is 95.2 Å². The van der Waals surface area contributed by atoms with Gasteiger partial charge in [0.05, 0.1) is 6.10 Å². The Hall–Kier alpha value is -1.29. The number of carboxylic acids is 1. The number of carboxylic acid groups (broad SMARTS) is 1. The maximum atomic E-state index is 10.8. The van der Waals surface area contributed by atoms with Crippen molar-refractivity contribution < 1.29 is 19.1 Å². The summed E-state index contributed by atoms with van der Waals surface area (Å²) in [6.07, 6.45) is 0.124. The fourth-order valence-corrected chi connectivity index (χ4v) is 1.23. The van der Waals surface area contributed by atoms with E-state index >= 15 is 0 Å². The molecule has 1 N–H and O–H groups in total. The lowest BCUT2D eigenvalue weighted by molar-refractivity contribution is 0.0146. The third-order valence-electron chi connectivity index (χ3n) is 2.63. The van der Waals surface area contributed by atoms with Gasteiger partial charge in [0, 0.05) is 0 Å². The van der Waals surface area contributed by atoms with Crippen LogP contribution in [0.5, 0.6) is 0 Å². The number of furan rings is 1. The number of aryl methyl sites for hydroxylation is 1. The molecule has 16 heavy (non-hydrogen) atoms. The van der Waals surface area contributed by atoms with Crippen molar-refractivity contribution in [3.8, 4) is 0 Å². The first-order chi connectivity index (χ1) is 7.41. The van der Waals surface area contributed by atoms with Crippen LogP contribution in [-0.4, -0.2) is 17.2 Å². The molecule has 0 spiro atoms. The molecular formula is C12H18O4. The minimum atomic E-state index is -0.968. The van der Waals surface area contributed by atoms with Gasteiger partial charge < -0.3 is 14.3 Å². The zero-order chi connectivity index (χ0) is 12.3. The van der Waals surface area contributed by atoms with Gasteiger partial charge in [-0.1, -0.05) is 13.8 Å². The first kappa shape index (κ1) is 12.8. The van der Waals surface area contributed by atoms with Crippen molar-refractivity contribution in [1.29, 1.82) is 0 Å². The number of aromatic carboxylic acids is 1. The minimum absolute atomic E-state index is 0.124. The largest absolute Gasteiger partial charge is 0.478 e. The van der Waals surface area contributed by atoms with E-state index in [1.54, 1.807) is 6.92 Å². The van der Waals surface area contributed by atoms with Crippen molar-refractivity contribution >= 4 is 5.97 Å². The van der Waals surface area contributed by atoms with E-state index in [1.165, 1.54) is 6.07 Å². The molecule has 1 atom stereocenters. The van der Waals surface area contributed by atoms with Gasteiger partial charge in [0.15, 0.2) is 0 Å². The zero-order valence-corrected chi connectivity index (χ0v) is 10.1. The maximum absolute atomic E-state index is 10.8. The molecule has 0 aliphatic heterocycles. The summed E-state index contributed by atoms with van der Waals surface area (Å²) in [7, 11) is 0. The van der Waals surface area contributed by atoms with Gasteiger partial charge in [0.1, 0.15) is 23.7 Å². The van der Waals surface area contributed by atoms with E-state index in [1.807, 2.05) is 6.92 Å². The number of rotatable bonds is 5. The molecule has 0 fully saturated rings. The summed E-state index contributed by atoms with van der Waals surface area (Å²) in [5, 5.41) is 8.84. The first-order valence-electron chi connectivity index (χ1n) is 5.36. The topological polar surface area (TPSA) is 59.7 Å². The Morgan fingerprint density at radius 1 is 1.50 bits per heavy atom. The Kier molecular flexibility index (Phi) is 4.12. The summed E-state index contributed by atoms with van der Waals surface area (Å²) in [5.41, 5.74) is 0.204. The summed E-state index contributed by atoms with van der Waals surface area (Å²) in [5.74, 6) is 0.435. The van der Waals surface area contributed by atoms with Crippen LogP contribution in [0, 0.1) is 12.8 Å². The van der Waals surface area contributed by atoms with Crippen LogP contribution in [0.1, 0.15) is 42.6 Å². The van der Waals surface area contributed by atoms with Gasteiger partial charge in [-0.3, -0.25) is 0 Å². The van der Waals surface area contributed by atoms with E-state index in [0.29, 0.717) is 24.0 Å². The number of hydrogen-bond donors (Lipinski definition) is 1. The molecular weight excluding hydrogens is 208 g/mol. The maximum Gasteiger partial charge on any atom is 0.339 e. The van der Waals surface area contributed by atoms with Gasteiger partial charge in [0.25, 0.3) is 0 Å². The lowest BCUT2D eigenvalue weighted by Gasteiger charge is -2.15. The summed E-state index contributed by atoms with van der Waals surface area (Å²) in [6, 6.07) is 1.52. The van der Waals surface area contributed by atoms with Crippen LogP contribution in [0.2, 0.25) is 0 Å². The molecule has 4 nitrogen and oxygen atoms in total. The predicted molar refractivity (Wildman–Crippen MR) is 59.5 cm³/mol. The summed E-state index contributed by atoms with van der Waals surface area (Å²) in [6.45, 7) is 8.08. The highest BCUT2D eigenvalue weighted by atomic mass is 16.5. The molecule has 0 radical (unpaired) electrons. The summed E-state index contributed by atoms with van der Waals surface area (Å²) in [4.78, 5) is 10.8. The normalized spacial score (nSPS) is 13.1. The zero-order valence-electron chi connectivity index (χ0n) is 10.1. The van der Waals surface area contributed by atoms with Crippen LogP contribution in [-0.2, 0) is 11.3 Å². The standard InChI is InChI=1S/C12H18O4/c1-7(2)8(3)15-6-10-5-11(12(13)14)9(4)16-10/h5,7-8H,6H2,1-4H3,(H,13,14). The second-order valence-corrected chi connectivity index (χ2v) is 4.25. The molecule has 1 heterocycles. The van der Waals surface area contributed by atoms with E-state index in [2.05, 4.69) is 13.8 Å². The second kappa shape index (κ2) is 5.16. The van der Waals surface area contributed by atoms with Crippen molar-refractivity contribution in [2.75, 3.05) is 0 Å². The molecule has 0 saturated carbocycles. The molecule has 4 heteroatoms. The van der Waals surface area contributed by atoms with Crippen LogP contribution in [0.3, 0.4) is 0 Å². The highest BCUT2D eigenvalue weighted by Crippen LogP contribution is 2.17. The Morgan fingerprint density at radius 3 is 2.56 bits per heavy atom. The molecule has 90 valence electrons. The quantitative estimate of drug-likeness (QED) is 0.838. The van der Waals surface area contributed by atoms with Gasteiger partial charge in [0.2, 0.25) is 0 Å². The average molecular weight is 226 g/mol. The number of carbonyl (C=O) groups is 1. The lowest BCUT2D eigenvalue weighted by atomic mass is 10.1. The molecule has 1 aromatic rings. The Balaban J connectivity index is 2.62.